The topological polar surface area (TPSA) is 67.2 Å². The molecule has 1 aromatic heterocycles. The molecule has 0 aliphatic heterocycles. The summed E-state index contributed by atoms with van der Waals surface area (Å²) in [5.74, 6) is -0.216. The van der Waals surface area contributed by atoms with Crippen molar-refractivity contribution in [1.29, 1.82) is 0 Å². The summed E-state index contributed by atoms with van der Waals surface area (Å²) in [4.78, 5) is 11.4. The van der Waals surface area contributed by atoms with Gasteiger partial charge in [0.25, 0.3) is 0 Å². The van der Waals surface area contributed by atoms with Crippen LogP contribution in [0, 0.1) is 5.82 Å². The van der Waals surface area contributed by atoms with Gasteiger partial charge in [0.1, 0.15) is 5.82 Å². The van der Waals surface area contributed by atoms with Gasteiger partial charge in [0.15, 0.2) is 0 Å². The summed E-state index contributed by atoms with van der Waals surface area (Å²) in [6.07, 6.45) is 0. The number of hydrogen-bond acceptors (Lipinski definition) is 3. The molecule has 0 saturated heterocycles. The van der Waals surface area contributed by atoms with Crippen LogP contribution >= 0.6 is 11.3 Å². The number of carbonyl (C=O) groups excluding carboxylic acids is 1. The zero-order valence-electron chi connectivity index (χ0n) is 10.9. The fourth-order valence-corrected chi connectivity index (χ4v) is 2.55. The Hall–Kier alpha value is -1.92. The molecule has 0 radical (unpaired) electrons. The lowest BCUT2D eigenvalue weighted by atomic mass is 10.1. The van der Waals surface area contributed by atoms with Crippen LogP contribution in [0.25, 0.3) is 10.4 Å². The van der Waals surface area contributed by atoms with E-state index in [0.29, 0.717) is 25.2 Å². The van der Waals surface area contributed by atoms with Crippen LogP contribution in [0.2, 0.25) is 0 Å². The Labute approximate surface area is 120 Å². The van der Waals surface area contributed by atoms with Gasteiger partial charge in [0.2, 0.25) is 0 Å². The van der Waals surface area contributed by atoms with Crippen LogP contribution in [0.3, 0.4) is 0 Å². The van der Waals surface area contributed by atoms with E-state index in [9.17, 15) is 9.18 Å². The van der Waals surface area contributed by atoms with Crippen molar-refractivity contribution in [2.24, 2.45) is 5.73 Å². The molecular weight excluding hydrogens is 277 g/mol. The predicted octanol–water partition coefficient (Wildman–Crippen LogP) is 2.31. The van der Waals surface area contributed by atoms with Crippen molar-refractivity contribution in [2.45, 2.75) is 6.54 Å². The van der Waals surface area contributed by atoms with Crippen molar-refractivity contribution in [1.82, 2.24) is 10.6 Å². The number of halogens is 1. The van der Waals surface area contributed by atoms with Crippen molar-refractivity contribution in [3.8, 4) is 10.4 Å². The molecule has 1 heterocycles. The molecule has 0 bridgehead atoms. The molecular formula is C14H16FN3OS. The van der Waals surface area contributed by atoms with E-state index < -0.39 is 6.03 Å². The Bertz CT molecular complexity index is 572. The van der Waals surface area contributed by atoms with Gasteiger partial charge in [-0.3, -0.25) is 0 Å². The fourth-order valence-electron chi connectivity index (χ4n) is 1.81. The maximum absolute atomic E-state index is 13.8. The van der Waals surface area contributed by atoms with Crippen LogP contribution in [0.5, 0.6) is 0 Å². The summed E-state index contributed by atoms with van der Waals surface area (Å²) in [6.45, 7) is 1.68. The Balaban J connectivity index is 1.93. The van der Waals surface area contributed by atoms with Crippen LogP contribution in [-0.4, -0.2) is 19.1 Å². The Kier molecular flexibility index (Phi) is 5.09. The van der Waals surface area contributed by atoms with Crippen molar-refractivity contribution >= 4 is 17.4 Å². The lowest BCUT2D eigenvalue weighted by molar-refractivity contribution is 0.249. The van der Waals surface area contributed by atoms with E-state index in [2.05, 4.69) is 10.6 Å². The van der Waals surface area contributed by atoms with E-state index in [1.54, 1.807) is 6.07 Å². The smallest absolute Gasteiger partial charge is 0.312 e. The molecule has 4 nitrogen and oxygen atoms in total. The summed E-state index contributed by atoms with van der Waals surface area (Å²) < 4.78 is 13.8. The minimum Gasteiger partial charge on any atom is -0.352 e. The molecule has 2 rings (SSSR count). The Morgan fingerprint density at radius 1 is 1.30 bits per heavy atom. The molecule has 0 aliphatic carbocycles. The molecule has 0 unspecified atom stereocenters. The molecule has 0 aliphatic rings. The molecule has 1 aromatic carbocycles. The number of thiophene rings is 1. The zero-order valence-corrected chi connectivity index (χ0v) is 11.7. The maximum atomic E-state index is 13.8. The van der Waals surface area contributed by atoms with Crippen LogP contribution in [-0.2, 0) is 6.54 Å². The first-order valence-corrected chi connectivity index (χ1v) is 7.11. The first-order chi connectivity index (χ1) is 9.66. The van der Waals surface area contributed by atoms with Crippen LogP contribution in [0.1, 0.15) is 5.56 Å². The largest absolute Gasteiger partial charge is 0.352 e. The highest BCUT2D eigenvalue weighted by Crippen LogP contribution is 2.28. The Morgan fingerprint density at radius 3 is 2.85 bits per heavy atom. The van der Waals surface area contributed by atoms with E-state index in [-0.39, 0.29) is 5.82 Å². The highest BCUT2D eigenvalue weighted by atomic mass is 32.1. The first kappa shape index (κ1) is 14.5. The second-order valence-corrected chi connectivity index (χ2v) is 5.21. The van der Waals surface area contributed by atoms with Gasteiger partial charge < -0.3 is 16.4 Å². The summed E-state index contributed by atoms with van der Waals surface area (Å²) >= 11 is 1.51. The second-order valence-electron chi connectivity index (χ2n) is 4.26. The highest BCUT2D eigenvalue weighted by molar-refractivity contribution is 7.13. The molecule has 2 amide bonds. The SMILES string of the molecule is NC(=O)NCCNCc1ccc(F)c(-c2cccs2)c1. The molecule has 0 fully saturated rings. The standard InChI is InChI=1S/C14H16FN3OS/c15-12-4-3-10(9-17-5-6-18-14(16)19)8-11(12)13-2-1-7-20-13/h1-4,7-8,17H,5-6,9H2,(H3,16,18,19). The lowest BCUT2D eigenvalue weighted by Crippen LogP contribution is -2.35. The summed E-state index contributed by atoms with van der Waals surface area (Å²) in [6, 6.07) is 8.34. The Morgan fingerprint density at radius 2 is 2.15 bits per heavy atom. The van der Waals surface area contributed by atoms with Gasteiger partial charge in [-0.25, -0.2) is 9.18 Å². The molecule has 20 heavy (non-hydrogen) atoms. The molecule has 0 saturated carbocycles. The number of hydrogen-bond donors (Lipinski definition) is 3. The average molecular weight is 293 g/mol. The van der Waals surface area contributed by atoms with Gasteiger partial charge in [-0.2, -0.15) is 0 Å². The number of amides is 2. The predicted molar refractivity (Wildman–Crippen MR) is 79.0 cm³/mol. The quantitative estimate of drug-likeness (QED) is 0.715. The molecule has 4 N–H and O–H groups in total. The number of urea groups is 1. The maximum Gasteiger partial charge on any atom is 0.312 e. The van der Waals surface area contributed by atoms with Crippen LogP contribution in [0.4, 0.5) is 9.18 Å². The number of nitrogens with one attached hydrogen (secondary N) is 2. The number of nitrogens with two attached hydrogens (primary N) is 1. The first-order valence-electron chi connectivity index (χ1n) is 6.23. The summed E-state index contributed by atoms with van der Waals surface area (Å²) in [5, 5.41) is 7.58. The number of carbonyl (C=O) groups is 1. The minimum absolute atomic E-state index is 0.216. The zero-order chi connectivity index (χ0) is 14.4. The number of benzene rings is 1. The minimum atomic E-state index is -0.534. The van der Waals surface area contributed by atoms with Gasteiger partial charge >= 0.3 is 6.03 Å². The highest BCUT2D eigenvalue weighted by Gasteiger charge is 2.07. The molecule has 0 atom stereocenters. The molecule has 106 valence electrons. The van der Waals surface area contributed by atoms with E-state index in [1.165, 1.54) is 17.4 Å². The van der Waals surface area contributed by atoms with E-state index in [4.69, 9.17) is 5.73 Å². The summed E-state index contributed by atoms with van der Waals surface area (Å²) in [7, 11) is 0. The van der Waals surface area contributed by atoms with Crippen LogP contribution in [0.15, 0.2) is 35.7 Å². The summed E-state index contributed by atoms with van der Waals surface area (Å²) in [5.41, 5.74) is 6.57. The van der Waals surface area contributed by atoms with Gasteiger partial charge in [-0.05, 0) is 29.1 Å². The fraction of sp³-hybridized carbons (Fsp3) is 0.214. The monoisotopic (exact) mass is 293 g/mol. The third-order valence-corrected chi connectivity index (χ3v) is 3.65. The van der Waals surface area contributed by atoms with E-state index >= 15 is 0 Å². The number of rotatable bonds is 6. The van der Waals surface area contributed by atoms with Crippen LogP contribution < -0.4 is 16.4 Å². The van der Waals surface area contributed by atoms with Crippen molar-refractivity contribution in [3.63, 3.8) is 0 Å². The number of primary amides is 1. The van der Waals surface area contributed by atoms with Gasteiger partial charge in [-0.1, -0.05) is 12.1 Å². The molecule has 0 spiro atoms. The third kappa shape index (κ3) is 4.04. The van der Waals surface area contributed by atoms with E-state index in [0.717, 1.165) is 10.4 Å². The molecule has 2 aromatic rings. The molecule has 6 heteroatoms. The van der Waals surface area contributed by atoms with Gasteiger partial charge in [-0.15, -0.1) is 11.3 Å². The van der Waals surface area contributed by atoms with Crippen molar-refractivity contribution in [3.05, 3.63) is 47.1 Å². The van der Waals surface area contributed by atoms with Gasteiger partial charge in [0, 0.05) is 30.1 Å². The van der Waals surface area contributed by atoms with Crippen molar-refractivity contribution in [2.75, 3.05) is 13.1 Å². The van der Waals surface area contributed by atoms with Crippen molar-refractivity contribution < 1.29 is 9.18 Å². The average Bonchev–Trinajstić information content (AvgIpc) is 2.93. The van der Waals surface area contributed by atoms with E-state index in [1.807, 2.05) is 23.6 Å². The third-order valence-electron chi connectivity index (χ3n) is 2.75. The lowest BCUT2D eigenvalue weighted by Gasteiger charge is -2.07. The normalized spacial score (nSPS) is 10.4. The second kappa shape index (κ2) is 7.02. The van der Waals surface area contributed by atoms with Gasteiger partial charge in [0.05, 0.1) is 0 Å².